The smallest absolute Gasteiger partial charge is 0.0190 e. The fourth-order valence-electron chi connectivity index (χ4n) is 2.21. The zero-order valence-electron chi connectivity index (χ0n) is 11.9. The van der Waals surface area contributed by atoms with Crippen molar-refractivity contribution in [3.63, 3.8) is 0 Å². The predicted octanol–water partition coefficient (Wildman–Crippen LogP) is 5.42. The van der Waals surface area contributed by atoms with E-state index in [4.69, 9.17) is 0 Å². The number of allylic oxidation sites excluding steroid dienone is 3. The second kappa shape index (κ2) is 5.71. The lowest BCUT2D eigenvalue weighted by Crippen LogP contribution is -1.86. The monoisotopic (exact) mass is 248 g/mol. The first kappa shape index (κ1) is 13.4. The van der Waals surface area contributed by atoms with Gasteiger partial charge >= 0.3 is 0 Å². The van der Waals surface area contributed by atoms with Crippen molar-refractivity contribution in [3.8, 4) is 0 Å². The molecular formula is C19H20. The van der Waals surface area contributed by atoms with Crippen LogP contribution in [0.4, 0.5) is 0 Å². The molecule has 0 heteroatoms. The molecule has 0 fully saturated rings. The summed E-state index contributed by atoms with van der Waals surface area (Å²) in [4.78, 5) is 0. The molecule has 0 radical (unpaired) electrons. The lowest BCUT2D eigenvalue weighted by Gasteiger charge is -2.08. The van der Waals surface area contributed by atoms with Crippen molar-refractivity contribution in [2.45, 2.75) is 20.8 Å². The van der Waals surface area contributed by atoms with Crippen LogP contribution in [0.2, 0.25) is 0 Å². The second-order valence-corrected chi connectivity index (χ2v) is 5.03. The largest absolute Gasteiger partial charge is 0.0911 e. The van der Waals surface area contributed by atoms with E-state index in [2.05, 4.69) is 82.0 Å². The Morgan fingerprint density at radius 3 is 2.21 bits per heavy atom. The van der Waals surface area contributed by atoms with E-state index < -0.39 is 0 Å². The molecule has 0 spiro atoms. The molecule has 2 rings (SSSR count). The van der Waals surface area contributed by atoms with Crippen molar-refractivity contribution >= 4 is 11.1 Å². The Kier molecular flexibility index (Phi) is 4.01. The highest BCUT2D eigenvalue weighted by atomic mass is 14.1. The third kappa shape index (κ3) is 3.23. The van der Waals surface area contributed by atoms with Crippen LogP contribution in [0.5, 0.6) is 0 Å². The van der Waals surface area contributed by atoms with Crippen molar-refractivity contribution in [2.24, 2.45) is 0 Å². The minimum Gasteiger partial charge on any atom is -0.0911 e. The average Bonchev–Trinajstić information content (AvgIpc) is 2.39. The van der Waals surface area contributed by atoms with Gasteiger partial charge in [0, 0.05) is 0 Å². The molecule has 0 amide bonds. The van der Waals surface area contributed by atoms with Crippen molar-refractivity contribution in [3.05, 3.63) is 83.4 Å². The van der Waals surface area contributed by atoms with E-state index >= 15 is 0 Å². The molecule has 0 saturated carbocycles. The number of rotatable bonds is 3. The summed E-state index contributed by atoms with van der Waals surface area (Å²) in [6, 6.07) is 16.9. The number of hydrogen-bond acceptors (Lipinski definition) is 0. The summed E-state index contributed by atoms with van der Waals surface area (Å²) >= 11 is 0. The summed E-state index contributed by atoms with van der Waals surface area (Å²) in [6.07, 6.45) is 2.16. The Morgan fingerprint density at radius 2 is 1.58 bits per heavy atom. The normalized spacial score (nSPS) is 11.4. The van der Waals surface area contributed by atoms with Crippen LogP contribution in [0.25, 0.3) is 11.1 Å². The molecule has 19 heavy (non-hydrogen) atoms. The fraction of sp³-hybridized carbons (Fsp3) is 0.158. The first-order valence-electron chi connectivity index (χ1n) is 6.58. The highest BCUT2D eigenvalue weighted by Crippen LogP contribution is 2.23. The van der Waals surface area contributed by atoms with E-state index in [1.807, 2.05) is 0 Å². The van der Waals surface area contributed by atoms with Crippen LogP contribution in [0.1, 0.15) is 29.2 Å². The van der Waals surface area contributed by atoms with Gasteiger partial charge in [0.1, 0.15) is 0 Å². The highest BCUT2D eigenvalue weighted by molar-refractivity contribution is 5.82. The maximum Gasteiger partial charge on any atom is -0.0190 e. The third-order valence-corrected chi connectivity index (χ3v) is 3.38. The highest BCUT2D eigenvalue weighted by Gasteiger charge is 2.01. The number of benzene rings is 2. The summed E-state index contributed by atoms with van der Waals surface area (Å²) in [6.45, 7) is 10.6. The van der Waals surface area contributed by atoms with Crippen LogP contribution < -0.4 is 0 Å². The molecule has 96 valence electrons. The Bertz CT molecular complexity index is 613. The standard InChI is InChI=1S/C19H20/c1-14-9-11-18(12-10-14)16(3)13-17(4)19-8-6-5-7-15(19)2/h5-13H,3H2,1-2,4H3/b17-13-. The molecule has 0 nitrogen and oxygen atoms in total. The van der Waals surface area contributed by atoms with Gasteiger partial charge in [0.05, 0.1) is 0 Å². The van der Waals surface area contributed by atoms with Gasteiger partial charge in [-0.05, 0) is 48.6 Å². The number of hydrogen-bond donors (Lipinski definition) is 0. The van der Waals surface area contributed by atoms with Crippen molar-refractivity contribution in [1.29, 1.82) is 0 Å². The van der Waals surface area contributed by atoms with Crippen LogP contribution in [-0.4, -0.2) is 0 Å². The Hall–Kier alpha value is -2.08. The van der Waals surface area contributed by atoms with E-state index in [0.29, 0.717) is 0 Å². The first-order valence-corrected chi connectivity index (χ1v) is 6.58. The molecule has 0 saturated heterocycles. The summed E-state index contributed by atoms with van der Waals surface area (Å²) in [5.74, 6) is 0. The van der Waals surface area contributed by atoms with E-state index in [9.17, 15) is 0 Å². The molecule has 2 aromatic rings. The van der Waals surface area contributed by atoms with Gasteiger partial charge in [-0.25, -0.2) is 0 Å². The molecule has 2 aromatic carbocycles. The molecule has 0 aliphatic rings. The number of aryl methyl sites for hydroxylation is 2. The van der Waals surface area contributed by atoms with Gasteiger partial charge in [-0.1, -0.05) is 66.7 Å². The average molecular weight is 248 g/mol. The summed E-state index contributed by atoms with van der Waals surface area (Å²) in [7, 11) is 0. The maximum atomic E-state index is 4.17. The summed E-state index contributed by atoms with van der Waals surface area (Å²) in [5, 5.41) is 0. The molecule has 0 bridgehead atoms. The molecule has 0 atom stereocenters. The van der Waals surface area contributed by atoms with Crippen LogP contribution in [0, 0.1) is 13.8 Å². The Labute approximate surface area is 116 Å². The van der Waals surface area contributed by atoms with Crippen LogP contribution in [-0.2, 0) is 0 Å². The molecule has 0 N–H and O–H groups in total. The quantitative estimate of drug-likeness (QED) is 0.636. The van der Waals surface area contributed by atoms with Gasteiger partial charge in [0.2, 0.25) is 0 Å². The fourth-order valence-corrected chi connectivity index (χ4v) is 2.21. The minimum absolute atomic E-state index is 1.06. The lowest BCUT2D eigenvalue weighted by atomic mass is 9.97. The zero-order valence-corrected chi connectivity index (χ0v) is 11.9. The van der Waals surface area contributed by atoms with Crippen molar-refractivity contribution in [1.82, 2.24) is 0 Å². The van der Waals surface area contributed by atoms with E-state index in [-0.39, 0.29) is 0 Å². The molecular weight excluding hydrogens is 228 g/mol. The zero-order chi connectivity index (χ0) is 13.8. The lowest BCUT2D eigenvalue weighted by molar-refractivity contribution is 1.41. The molecule has 0 aliphatic carbocycles. The van der Waals surface area contributed by atoms with E-state index in [1.54, 1.807) is 0 Å². The molecule has 0 heterocycles. The Balaban J connectivity index is 2.28. The maximum absolute atomic E-state index is 4.17. The summed E-state index contributed by atoms with van der Waals surface area (Å²) < 4.78 is 0. The van der Waals surface area contributed by atoms with Crippen LogP contribution in [0.3, 0.4) is 0 Å². The molecule has 0 unspecified atom stereocenters. The summed E-state index contributed by atoms with van der Waals surface area (Å²) in [5.41, 5.74) is 7.35. The van der Waals surface area contributed by atoms with Gasteiger partial charge in [-0.3, -0.25) is 0 Å². The Morgan fingerprint density at radius 1 is 0.947 bits per heavy atom. The van der Waals surface area contributed by atoms with Gasteiger partial charge in [-0.2, -0.15) is 0 Å². The van der Waals surface area contributed by atoms with E-state index in [1.165, 1.54) is 27.8 Å². The first-order chi connectivity index (χ1) is 9.08. The van der Waals surface area contributed by atoms with Crippen molar-refractivity contribution < 1.29 is 0 Å². The van der Waals surface area contributed by atoms with Gasteiger partial charge < -0.3 is 0 Å². The van der Waals surface area contributed by atoms with Gasteiger partial charge in [-0.15, -0.1) is 0 Å². The van der Waals surface area contributed by atoms with Crippen molar-refractivity contribution in [2.75, 3.05) is 0 Å². The van der Waals surface area contributed by atoms with Gasteiger partial charge in [0.15, 0.2) is 0 Å². The van der Waals surface area contributed by atoms with Gasteiger partial charge in [0.25, 0.3) is 0 Å². The second-order valence-electron chi connectivity index (χ2n) is 5.03. The van der Waals surface area contributed by atoms with Crippen LogP contribution >= 0.6 is 0 Å². The third-order valence-electron chi connectivity index (χ3n) is 3.38. The van der Waals surface area contributed by atoms with E-state index in [0.717, 1.165) is 5.57 Å². The van der Waals surface area contributed by atoms with Crippen LogP contribution in [0.15, 0.2) is 61.2 Å². The molecule has 0 aliphatic heterocycles. The SMILES string of the molecule is C=C(/C=C(/C)c1ccccc1C)c1ccc(C)cc1. The minimum atomic E-state index is 1.06. The molecule has 0 aromatic heterocycles. The topological polar surface area (TPSA) is 0 Å². The predicted molar refractivity (Wildman–Crippen MR) is 85.0 cm³/mol.